The van der Waals surface area contributed by atoms with Crippen LogP contribution in [0.15, 0.2) is 18.2 Å². The van der Waals surface area contributed by atoms with E-state index in [9.17, 15) is 18.0 Å². The maximum atomic E-state index is 11.8. The summed E-state index contributed by atoms with van der Waals surface area (Å²) in [4.78, 5) is 14.1. The van der Waals surface area contributed by atoms with Crippen molar-refractivity contribution in [3.63, 3.8) is 0 Å². The van der Waals surface area contributed by atoms with Gasteiger partial charge in [-0.05, 0) is 12.1 Å². The average Bonchev–Trinajstić information content (AvgIpc) is 2.16. The molecule has 0 aliphatic carbocycles. The normalized spacial score (nSPS) is 11.2. The maximum Gasteiger partial charge on any atom is 0.390 e. The van der Waals surface area contributed by atoms with Gasteiger partial charge in [0.1, 0.15) is 5.82 Å². The first-order valence-corrected chi connectivity index (χ1v) is 4.39. The molecular weight excluding hydrogens is 225 g/mol. The number of carboxylic acid groups (broad SMARTS) is 1. The second-order valence-corrected chi connectivity index (χ2v) is 3.01. The number of halogens is 3. The molecule has 0 aliphatic rings. The number of nitrogens with one attached hydrogen (secondary N) is 1. The van der Waals surface area contributed by atoms with Crippen LogP contribution in [-0.2, 0) is 0 Å². The van der Waals surface area contributed by atoms with Crippen LogP contribution < -0.4 is 5.32 Å². The van der Waals surface area contributed by atoms with Gasteiger partial charge in [0.25, 0.3) is 0 Å². The van der Waals surface area contributed by atoms with Crippen LogP contribution in [0.25, 0.3) is 0 Å². The molecule has 0 aromatic carbocycles. The Kier molecular flexibility index (Phi) is 3.70. The van der Waals surface area contributed by atoms with Crippen molar-refractivity contribution in [2.45, 2.75) is 12.6 Å². The lowest BCUT2D eigenvalue weighted by atomic mass is 10.3. The molecule has 88 valence electrons. The Bertz CT molecular complexity index is 379. The second kappa shape index (κ2) is 4.82. The molecule has 2 N–H and O–H groups in total. The SMILES string of the molecule is O=C(O)c1cccc(NCCC(F)(F)F)n1. The quantitative estimate of drug-likeness (QED) is 0.837. The molecule has 4 nitrogen and oxygen atoms in total. The van der Waals surface area contributed by atoms with Crippen molar-refractivity contribution in [3.05, 3.63) is 23.9 Å². The molecule has 0 atom stereocenters. The first kappa shape index (κ1) is 12.3. The van der Waals surface area contributed by atoms with Gasteiger partial charge in [0.05, 0.1) is 6.42 Å². The smallest absolute Gasteiger partial charge is 0.390 e. The Morgan fingerprint density at radius 2 is 2.12 bits per heavy atom. The van der Waals surface area contributed by atoms with E-state index >= 15 is 0 Å². The van der Waals surface area contributed by atoms with E-state index in [1.54, 1.807) is 0 Å². The third kappa shape index (κ3) is 4.16. The molecule has 1 heterocycles. The van der Waals surface area contributed by atoms with Gasteiger partial charge in [-0.15, -0.1) is 0 Å². The summed E-state index contributed by atoms with van der Waals surface area (Å²) in [5, 5.41) is 11.0. The van der Waals surface area contributed by atoms with Crippen LogP contribution in [0, 0.1) is 0 Å². The fourth-order valence-electron chi connectivity index (χ4n) is 0.985. The van der Waals surface area contributed by atoms with E-state index in [-0.39, 0.29) is 18.1 Å². The summed E-state index contributed by atoms with van der Waals surface area (Å²) in [6, 6.07) is 4.08. The highest BCUT2D eigenvalue weighted by molar-refractivity contribution is 5.85. The lowest BCUT2D eigenvalue weighted by molar-refractivity contribution is -0.131. The number of pyridine rings is 1. The third-order valence-corrected chi connectivity index (χ3v) is 1.68. The molecule has 0 fully saturated rings. The highest BCUT2D eigenvalue weighted by atomic mass is 19.4. The van der Waals surface area contributed by atoms with Crippen LogP contribution >= 0.6 is 0 Å². The maximum absolute atomic E-state index is 11.8. The minimum absolute atomic E-state index is 0.115. The Morgan fingerprint density at radius 1 is 1.44 bits per heavy atom. The Balaban J connectivity index is 2.55. The number of anilines is 1. The predicted molar refractivity (Wildman–Crippen MR) is 50.4 cm³/mol. The van der Waals surface area contributed by atoms with Crippen LogP contribution in [0.3, 0.4) is 0 Å². The summed E-state index contributed by atoms with van der Waals surface area (Å²) < 4.78 is 35.4. The van der Waals surface area contributed by atoms with Crippen molar-refractivity contribution in [2.75, 3.05) is 11.9 Å². The molecule has 7 heteroatoms. The fraction of sp³-hybridized carbons (Fsp3) is 0.333. The van der Waals surface area contributed by atoms with Crippen LogP contribution in [0.2, 0.25) is 0 Å². The molecule has 1 aromatic rings. The van der Waals surface area contributed by atoms with Crippen molar-refractivity contribution in [1.82, 2.24) is 4.98 Å². The van der Waals surface area contributed by atoms with Gasteiger partial charge in [0.15, 0.2) is 5.69 Å². The molecule has 0 saturated carbocycles. The van der Waals surface area contributed by atoms with Crippen molar-refractivity contribution in [2.24, 2.45) is 0 Å². The lowest BCUT2D eigenvalue weighted by Crippen LogP contribution is -2.15. The van der Waals surface area contributed by atoms with Crippen LogP contribution in [0.1, 0.15) is 16.9 Å². The average molecular weight is 234 g/mol. The van der Waals surface area contributed by atoms with Crippen molar-refractivity contribution in [3.8, 4) is 0 Å². The molecule has 0 radical (unpaired) electrons. The van der Waals surface area contributed by atoms with Crippen molar-refractivity contribution >= 4 is 11.8 Å². The lowest BCUT2D eigenvalue weighted by Gasteiger charge is -2.08. The Labute approximate surface area is 89.1 Å². The summed E-state index contributed by atoms with van der Waals surface area (Å²) in [5.74, 6) is -1.11. The first-order valence-electron chi connectivity index (χ1n) is 4.39. The molecule has 1 aromatic heterocycles. The molecule has 0 saturated heterocycles. The van der Waals surface area contributed by atoms with Gasteiger partial charge < -0.3 is 10.4 Å². The number of hydrogen-bond acceptors (Lipinski definition) is 3. The highest BCUT2D eigenvalue weighted by Crippen LogP contribution is 2.19. The van der Waals surface area contributed by atoms with Gasteiger partial charge in [-0.25, -0.2) is 9.78 Å². The Morgan fingerprint density at radius 3 is 2.69 bits per heavy atom. The zero-order chi connectivity index (χ0) is 12.2. The number of aromatic nitrogens is 1. The molecular formula is C9H9F3N2O2. The van der Waals surface area contributed by atoms with E-state index in [2.05, 4.69) is 10.3 Å². The highest BCUT2D eigenvalue weighted by Gasteiger charge is 2.26. The fourth-order valence-corrected chi connectivity index (χ4v) is 0.985. The van der Waals surface area contributed by atoms with Crippen LogP contribution in [-0.4, -0.2) is 28.8 Å². The van der Waals surface area contributed by atoms with E-state index in [0.717, 1.165) is 0 Å². The first-order chi connectivity index (χ1) is 7.38. The van der Waals surface area contributed by atoms with Crippen LogP contribution in [0.4, 0.5) is 19.0 Å². The summed E-state index contributed by atoms with van der Waals surface area (Å²) in [7, 11) is 0. The summed E-state index contributed by atoms with van der Waals surface area (Å²) in [6.07, 6.45) is -5.23. The molecule has 1 rings (SSSR count). The van der Waals surface area contributed by atoms with Gasteiger partial charge in [0.2, 0.25) is 0 Å². The monoisotopic (exact) mass is 234 g/mol. The van der Waals surface area contributed by atoms with Crippen molar-refractivity contribution < 1.29 is 23.1 Å². The van der Waals surface area contributed by atoms with Gasteiger partial charge in [-0.1, -0.05) is 6.07 Å². The van der Waals surface area contributed by atoms with Gasteiger partial charge in [0, 0.05) is 6.54 Å². The number of aromatic carboxylic acids is 1. The largest absolute Gasteiger partial charge is 0.477 e. The summed E-state index contributed by atoms with van der Waals surface area (Å²) in [5.41, 5.74) is -0.211. The molecule has 0 amide bonds. The summed E-state index contributed by atoms with van der Waals surface area (Å²) in [6.45, 7) is -0.334. The minimum atomic E-state index is -4.24. The second-order valence-electron chi connectivity index (χ2n) is 3.01. The van der Waals surface area contributed by atoms with Gasteiger partial charge in [-0.3, -0.25) is 0 Å². The number of alkyl halides is 3. The topological polar surface area (TPSA) is 62.2 Å². The van der Waals surface area contributed by atoms with Gasteiger partial charge >= 0.3 is 12.1 Å². The third-order valence-electron chi connectivity index (χ3n) is 1.68. The molecule has 0 bridgehead atoms. The van der Waals surface area contributed by atoms with E-state index in [1.807, 2.05) is 0 Å². The number of hydrogen-bond donors (Lipinski definition) is 2. The van der Waals surface area contributed by atoms with Crippen LogP contribution in [0.5, 0.6) is 0 Å². The molecule has 0 unspecified atom stereocenters. The number of carboxylic acids is 1. The van der Waals surface area contributed by atoms with E-state index < -0.39 is 18.6 Å². The number of carbonyl (C=O) groups is 1. The Hall–Kier alpha value is -1.79. The zero-order valence-corrected chi connectivity index (χ0v) is 8.08. The minimum Gasteiger partial charge on any atom is -0.477 e. The molecule has 0 spiro atoms. The van der Waals surface area contributed by atoms with Crippen molar-refractivity contribution in [1.29, 1.82) is 0 Å². The molecule has 16 heavy (non-hydrogen) atoms. The predicted octanol–water partition coefficient (Wildman–Crippen LogP) is 2.14. The van der Waals surface area contributed by atoms with Gasteiger partial charge in [-0.2, -0.15) is 13.2 Å². The molecule has 0 aliphatic heterocycles. The number of rotatable bonds is 4. The van der Waals surface area contributed by atoms with E-state index in [1.165, 1.54) is 18.2 Å². The van der Waals surface area contributed by atoms with E-state index in [0.29, 0.717) is 0 Å². The van der Waals surface area contributed by atoms with E-state index in [4.69, 9.17) is 5.11 Å². The zero-order valence-electron chi connectivity index (χ0n) is 8.08. The standard InChI is InChI=1S/C9H9F3N2O2/c10-9(11,12)4-5-13-7-3-1-2-6(14-7)8(15)16/h1-3H,4-5H2,(H,13,14)(H,15,16). The number of nitrogens with zero attached hydrogens (tertiary/aromatic N) is 1. The summed E-state index contributed by atoms with van der Waals surface area (Å²) >= 11 is 0.